The fourth-order valence-corrected chi connectivity index (χ4v) is 1.51. The van der Waals surface area contributed by atoms with Crippen LogP contribution in [0.2, 0.25) is 5.15 Å². The van der Waals surface area contributed by atoms with Gasteiger partial charge in [0, 0.05) is 23.0 Å². The predicted octanol–water partition coefficient (Wildman–Crippen LogP) is 2.10. The van der Waals surface area contributed by atoms with E-state index < -0.39 is 0 Å². The molecule has 16 heavy (non-hydrogen) atoms. The largest absolute Gasteiger partial charge is 0.306 e. The highest BCUT2D eigenvalue weighted by Crippen LogP contribution is 2.16. The van der Waals surface area contributed by atoms with Crippen molar-refractivity contribution in [3.63, 3.8) is 0 Å². The van der Waals surface area contributed by atoms with Gasteiger partial charge in [-0.25, -0.2) is 9.97 Å². The van der Waals surface area contributed by atoms with Crippen molar-refractivity contribution in [3.05, 3.63) is 45.1 Å². The minimum absolute atomic E-state index is 0.129. The first-order chi connectivity index (χ1) is 7.58. The van der Waals surface area contributed by atoms with Crippen LogP contribution in [-0.2, 0) is 0 Å². The Hall–Kier alpha value is -1.68. The molecule has 0 bridgehead atoms. The van der Waals surface area contributed by atoms with Crippen molar-refractivity contribution >= 4 is 11.6 Å². The third-order valence-electron chi connectivity index (χ3n) is 2.39. The molecule has 2 aromatic rings. The zero-order chi connectivity index (χ0) is 11.7. The average Bonchev–Trinajstić information content (AvgIpc) is 2.25. The lowest BCUT2D eigenvalue weighted by molar-refractivity contribution is 1.03. The second kappa shape index (κ2) is 4.06. The Bertz CT molecular complexity index is 592. The normalized spacial score (nSPS) is 10.4. The van der Waals surface area contributed by atoms with Crippen molar-refractivity contribution < 1.29 is 0 Å². The van der Waals surface area contributed by atoms with Crippen molar-refractivity contribution in [1.29, 1.82) is 0 Å². The van der Waals surface area contributed by atoms with E-state index in [1.54, 1.807) is 32.2 Å². The lowest BCUT2D eigenvalue weighted by Gasteiger charge is -2.04. The highest BCUT2D eigenvalue weighted by atomic mass is 35.5. The van der Waals surface area contributed by atoms with E-state index in [-0.39, 0.29) is 5.56 Å². The van der Waals surface area contributed by atoms with Gasteiger partial charge in [0.05, 0.1) is 0 Å². The van der Waals surface area contributed by atoms with Crippen molar-refractivity contribution in [3.8, 4) is 11.4 Å². The van der Waals surface area contributed by atoms with Crippen LogP contribution in [0.3, 0.4) is 0 Å². The third kappa shape index (κ3) is 1.97. The Morgan fingerprint density at radius 1 is 1.38 bits per heavy atom. The van der Waals surface area contributed by atoms with Crippen LogP contribution in [0.15, 0.2) is 23.1 Å². The number of rotatable bonds is 1. The molecule has 2 rings (SSSR count). The molecule has 0 amide bonds. The van der Waals surface area contributed by atoms with Crippen LogP contribution < -0.4 is 5.56 Å². The van der Waals surface area contributed by atoms with E-state index in [1.165, 1.54) is 0 Å². The summed E-state index contributed by atoms with van der Waals surface area (Å²) in [5.74, 6) is 0.511. The van der Waals surface area contributed by atoms with Crippen molar-refractivity contribution in [2.45, 2.75) is 13.8 Å². The first-order valence-corrected chi connectivity index (χ1v) is 5.15. The summed E-state index contributed by atoms with van der Waals surface area (Å²) >= 11 is 5.77. The van der Waals surface area contributed by atoms with Crippen LogP contribution >= 0.6 is 11.6 Å². The van der Waals surface area contributed by atoms with Gasteiger partial charge in [0.1, 0.15) is 11.0 Å². The molecule has 0 aliphatic rings. The lowest BCUT2D eigenvalue weighted by atomic mass is 10.2. The molecule has 0 aliphatic carbocycles. The lowest BCUT2D eigenvalue weighted by Crippen LogP contribution is -2.14. The molecule has 0 saturated heterocycles. The molecule has 2 heterocycles. The van der Waals surface area contributed by atoms with E-state index in [1.807, 2.05) is 0 Å². The molecule has 0 atom stereocenters. The molecule has 5 heteroatoms. The number of aryl methyl sites for hydroxylation is 1. The van der Waals surface area contributed by atoms with Gasteiger partial charge in [-0.2, -0.15) is 0 Å². The number of hydrogen-bond donors (Lipinski definition) is 1. The number of hydrogen-bond acceptors (Lipinski definition) is 3. The number of pyridine rings is 1. The quantitative estimate of drug-likeness (QED) is 0.770. The summed E-state index contributed by atoms with van der Waals surface area (Å²) in [7, 11) is 0. The summed E-state index contributed by atoms with van der Waals surface area (Å²) in [5.41, 5.74) is 1.96. The zero-order valence-corrected chi connectivity index (χ0v) is 9.67. The number of nitrogens with one attached hydrogen (secondary N) is 1. The molecule has 0 aromatic carbocycles. The molecular weight excluding hydrogens is 226 g/mol. The molecule has 0 saturated carbocycles. The second-order valence-corrected chi connectivity index (χ2v) is 3.88. The van der Waals surface area contributed by atoms with Gasteiger partial charge in [-0.05, 0) is 26.0 Å². The van der Waals surface area contributed by atoms with Gasteiger partial charge in [-0.1, -0.05) is 11.6 Å². The maximum atomic E-state index is 11.6. The number of aromatic nitrogens is 3. The number of halogens is 1. The van der Waals surface area contributed by atoms with Gasteiger partial charge >= 0.3 is 0 Å². The SMILES string of the molecule is Cc1nc(-c2ccnc(Cl)c2)[nH]c(=O)c1C. The molecule has 0 radical (unpaired) electrons. The van der Waals surface area contributed by atoms with E-state index in [0.29, 0.717) is 22.2 Å². The van der Waals surface area contributed by atoms with Crippen molar-refractivity contribution in [2.75, 3.05) is 0 Å². The Kier molecular flexibility index (Phi) is 2.75. The third-order valence-corrected chi connectivity index (χ3v) is 2.60. The maximum absolute atomic E-state index is 11.6. The molecule has 0 aliphatic heterocycles. The summed E-state index contributed by atoms with van der Waals surface area (Å²) in [6, 6.07) is 3.41. The molecule has 82 valence electrons. The van der Waals surface area contributed by atoms with E-state index in [9.17, 15) is 4.79 Å². The molecular formula is C11H10ClN3O. The van der Waals surface area contributed by atoms with Crippen molar-refractivity contribution in [2.24, 2.45) is 0 Å². The number of aromatic amines is 1. The Morgan fingerprint density at radius 3 is 2.75 bits per heavy atom. The molecule has 4 nitrogen and oxygen atoms in total. The molecule has 1 N–H and O–H groups in total. The first-order valence-electron chi connectivity index (χ1n) is 4.77. The fourth-order valence-electron chi connectivity index (χ4n) is 1.33. The smallest absolute Gasteiger partial charge is 0.254 e. The summed E-state index contributed by atoms with van der Waals surface area (Å²) in [4.78, 5) is 22.5. The Balaban J connectivity index is 2.61. The Labute approximate surface area is 97.3 Å². The van der Waals surface area contributed by atoms with Crippen LogP contribution in [0, 0.1) is 13.8 Å². The highest BCUT2D eigenvalue weighted by molar-refractivity contribution is 6.29. The standard InChI is InChI=1S/C11H10ClN3O/c1-6-7(2)14-10(15-11(6)16)8-3-4-13-9(12)5-8/h3-5H,1-2H3,(H,14,15,16). The van der Waals surface area contributed by atoms with Crippen LogP contribution in [0.1, 0.15) is 11.3 Å². The molecule has 0 fully saturated rings. The van der Waals surface area contributed by atoms with Crippen molar-refractivity contribution in [1.82, 2.24) is 15.0 Å². The van der Waals surface area contributed by atoms with Gasteiger partial charge in [-0.15, -0.1) is 0 Å². The molecule has 0 unspecified atom stereocenters. The minimum atomic E-state index is -0.129. The highest BCUT2D eigenvalue weighted by Gasteiger charge is 2.06. The minimum Gasteiger partial charge on any atom is -0.306 e. The zero-order valence-electron chi connectivity index (χ0n) is 8.91. The van der Waals surface area contributed by atoms with E-state index in [2.05, 4.69) is 15.0 Å². The monoisotopic (exact) mass is 235 g/mol. The fraction of sp³-hybridized carbons (Fsp3) is 0.182. The van der Waals surface area contributed by atoms with Gasteiger partial charge in [0.25, 0.3) is 5.56 Å². The Morgan fingerprint density at radius 2 is 2.12 bits per heavy atom. The summed E-state index contributed by atoms with van der Waals surface area (Å²) in [5, 5.41) is 0.373. The van der Waals surface area contributed by atoms with Crippen LogP contribution in [-0.4, -0.2) is 15.0 Å². The van der Waals surface area contributed by atoms with Gasteiger partial charge < -0.3 is 4.98 Å². The van der Waals surface area contributed by atoms with E-state index in [4.69, 9.17) is 11.6 Å². The van der Waals surface area contributed by atoms with Gasteiger partial charge in [-0.3, -0.25) is 4.79 Å². The van der Waals surface area contributed by atoms with Crippen LogP contribution in [0.4, 0.5) is 0 Å². The predicted molar refractivity (Wildman–Crippen MR) is 62.6 cm³/mol. The van der Waals surface area contributed by atoms with Crippen LogP contribution in [0.25, 0.3) is 11.4 Å². The summed E-state index contributed by atoms with van der Waals surface area (Å²) in [6.45, 7) is 3.54. The summed E-state index contributed by atoms with van der Waals surface area (Å²) in [6.07, 6.45) is 1.58. The van der Waals surface area contributed by atoms with Gasteiger partial charge in [0.15, 0.2) is 0 Å². The number of nitrogens with zero attached hydrogens (tertiary/aromatic N) is 2. The summed E-state index contributed by atoms with van der Waals surface area (Å²) < 4.78 is 0. The molecule has 0 spiro atoms. The van der Waals surface area contributed by atoms with E-state index in [0.717, 1.165) is 5.56 Å². The second-order valence-electron chi connectivity index (χ2n) is 3.49. The first kappa shape index (κ1) is 10.8. The van der Waals surface area contributed by atoms with Gasteiger partial charge in [0.2, 0.25) is 0 Å². The molecule has 2 aromatic heterocycles. The topological polar surface area (TPSA) is 58.6 Å². The van der Waals surface area contributed by atoms with E-state index >= 15 is 0 Å². The van der Waals surface area contributed by atoms with Crippen LogP contribution in [0.5, 0.6) is 0 Å². The maximum Gasteiger partial charge on any atom is 0.254 e. The number of H-pyrrole nitrogens is 1. The average molecular weight is 236 g/mol.